The molecule has 0 unspecified atom stereocenters. The van der Waals surface area contributed by atoms with Crippen molar-refractivity contribution >= 4 is 17.7 Å². The number of hydrogen-bond acceptors (Lipinski definition) is 4. The van der Waals surface area contributed by atoms with E-state index in [1.807, 2.05) is 13.2 Å². The van der Waals surface area contributed by atoms with Gasteiger partial charge in [-0.2, -0.15) is 0 Å². The first-order valence-corrected chi connectivity index (χ1v) is 6.85. The third-order valence-corrected chi connectivity index (χ3v) is 3.38. The zero-order chi connectivity index (χ0) is 13.8. The van der Waals surface area contributed by atoms with Crippen molar-refractivity contribution in [2.75, 3.05) is 6.26 Å². The highest BCUT2D eigenvalue weighted by molar-refractivity contribution is 7.98. The molecule has 0 saturated carbocycles. The van der Waals surface area contributed by atoms with Gasteiger partial charge >= 0.3 is 5.97 Å². The Labute approximate surface area is 115 Å². The summed E-state index contributed by atoms with van der Waals surface area (Å²) in [7, 11) is 0. The topological polar surface area (TPSA) is 59.4 Å². The Morgan fingerprint density at radius 1 is 1.26 bits per heavy atom. The second-order valence-corrected chi connectivity index (χ2v) is 4.68. The highest BCUT2D eigenvalue weighted by Crippen LogP contribution is 2.32. The van der Waals surface area contributed by atoms with Crippen LogP contribution in [0.25, 0.3) is 0 Å². The quantitative estimate of drug-likeness (QED) is 0.864. The summed E-state index contributed by atoms with van der Waals surface area (Å²) < 4.78 is 5.69. The molecule has 1 aromatic carbocycles. The van der Waals surface area contributed by atoms with Crippen LogP contribution in [0.2, 0.25) is 0 Å². The molecular formula is C14H13NO3S. The predicted octanol–water partition coefficient (Wildman–Crippen LogP) is 3.60. The molecule has 0 fully saturated rings. The van der Waals surface area contributed by atoms with E-state index in [1.54, 1.807) is 36.5 Å². The third-order valence-electron chi connectivity index (χ3n) is 2.60. The normalized spacial score (nSPS) is 10.2. The number of rotatable bonds is 4. The Balaban J connectivity index is 2.46. The van der Waals surface area contributed by atoms with Crippen molar-refractivity contribution in [1.82, 2.24) is 4.98 Å². The minimum Gasteiger partial charge on any atom is -0.478 e. The number of carboxylic acid groups (broad SMARTS) is 1. The van der Waals surface area contributed by atoms with Gasteiger partial charge < -0.3 is 9.84 Å². The van der Waals surface area contributed by atoms with Crippen LogP contribution < -0.4 is 4.74 Å². The number of ether oxygens (including phenoxy) is 1. The van der Waals surface area contributed by atoms with Gasteiger partial charge in [-0.15, -0.1) is 11.8 Å². The van der Waals surface area contributed by atoms with Gasteiger partial charge in [0.05, 0.1) is 5.69 Å². The number of pyridine rings is 1. The van der Waals surface area contributed by atoms with Gasteiger partial charge in [-0.3, -0.25) is 4.98 Å². The summed E-state index contributed by atoms with van der Waals surface area (Å²) in [5, 5.41) is 9.32. The van der Waals surface area contributed by atoms with Gasteiger partial charge in [-0.25, -0.2) is 4.79 Å². The minimum absolute atomic E-state index is 0.179. The number of aryl methyl sites for hydroxylation is 1. The highest BCUT2D eigenvalue weighted by Gasteiger charge is 2.17. The van der Waals surface area contributed by atoms with Gasteiger partial charge in [0.2, 0.25) is 0 Å². The minimum atomic E-state index is -0.999. The Morgan fingerprint density at radius 2 is 2.00 bits per heavy atom. The molecule has 1 N–H and O–H groups in total. The molecule has 0 saturated heterocycles. The number of carboxylic acids is 1. The molecule has 0 aliphatic rings. The van der Waals surface area contributed by atoms with E-state index in [-0.39, 0.29) is 5.56 Å². The van der Waals surface area contributed by atoms with E-state index in [9.17, 15) is 9.90 Å². The predicted molar refractivity (Wildman–Crippen MR) is 74.2 cm³/mol. The number of aromatic carboxylic acids is 1. The molecule has 5 heteroatoms. The molecule has 4 nitrogen and oxygen atoms in total. The van der Waals surface area contributed by atoms with Crippen molar-refractivity contribution in [2.24, 2.45) is 0 Å². The number of benzene rings is 1. The molecule has 0 spiro atoms. The number of carbonyl (C=O) groups is 1. The van der Waals surface area contributed by atoms with Gasteiger partial charge in [0.25, 0.3) is 0 Å². The summed E-state index contributed by atoms with van der Waals surface area (Å²) in [4.78, 5) is 16.2. The first-order valence-electron chi connectivity index (χ1n) is 5.63. The van der Waals surface area contributed by atoms with Crippen LogP contribution in [0.4, 0.5) is 0 Å². The summed E-state index contributed by atoms with van der Waals surface area (Å²) in [5.74, 6) is -0.111. The van der Waals surface area contributed by atoms with Crippen molar-refractivity contribution < 1.29 is 14.6 Å². The molecule has 0 aliphatic heterocycles. The Kier molecular flexibility index (Phi) is 4.06. The van der Waals surface area contributed by atoms with Crippen LogP contribution in [0.15, 0.2) is 41.4 Å². The number of thioether (sulfide) groups is 1. The van der Waals surface area contributed by atoms with Gasteiger partial charge in [0.15, 0.2) is 0 Å². The molecule has 0 atom stereocenters. The summed E-state index contributed by atoms with van der Waals surface area (Å²) in [6, 6.07) is 8.70. The average Bonchev–Trinajstić information content (AvgIpc) is 2.40. The van der Waals surface area contributed by atoms with Crippen LogP contribution in [0.1, 0.15) is 16.1 Å². The van der Waals surface area contributed by atoms with Gasteiger partial charge in [-0.1, -0.05) is 6.07 Å². The monoisotopic (exact) mass is 275 g/mol. The first-order chi connectivity index (χ1) is 9.13. The van der Waals surface area contributed by atoms with Crippen LogP contribution in [0.3, 0.4) is 0 Å². The molecule has 0 amide bonds. The standard InChI is InChI=1S/C14H13NO3S/c1-9-10(6-4-8-15-9)18-11-5-3-7-12(19-2)13(11)14(16)17/h3-8H,1-2H3,(H,16,17). The number of aromatic nitrogens is 1. The fourth-order valence-corrected chi connectivity index (χ4v) is 2.28. The molecule has 98 valence electrons. The molecule has 0 bridgehead atoms. The SMILES string of the molecule is CSc1cccc(Oc2cccnc2C)c1C(=O)O. The fraction of sp³-hybridized carbons (Fsp3) is 0.143. The van der Waals surface area contributed by atoms with E-state index in [4.69, 9.17) is 4.74 Å². The van der Waals surface area contributed by atoms with E-state index in [2.05, 4.69) is 4.98 Å². The maximum Gasteiger partial charge on any atom is 0.340 e. The van der Waals surface area contributed by atoms with Crippen molar-refractivity contribution in [2.45, 2.75) is 11.8 Å². The van der Waals surface area contributed by atoms with Crippen molar-refractivity contribution in [3.63, 3.8) is 0 Å². The molecule has 19 heavy (non-hydrogen) atoms. The Morgan fingerprint density at radius 3 is 2.63 bits per heavy atom. The molecule has 1 heterocycles. The summed E-state index contributed by atoms with van der Waals surface area (Å²) in [6.07, 6.45) is 3.50. The maximum atomic E-state index is 11.4. The van der Waals surface area contributed by atoms with Gasteiger partial charge in [-0.05, 0) is 37.4 Å². The summed E-state index contributed by atoms with van der Waals surface area (Å²) in [5.41, 5.74) is 0.895. The Hall–Kier alpha value is -2.01. The lowest BCUT2D eigenvalue weighted by Gasteiger charge is -2.12. The third kappa shape index (κ3) is 2.88. The Bertz CT molecular complexity index is 613. The molecule has 0 aliphatic carbocycles. The number of hydrogen-bond donors (Lipinski definition) is 1. The zero-order valence-corrected chi connectivity index (χ0v) is 11.4. The van der Waals surface area contributed by atoms with E-state index < -0.39 is 5.97 Å². The van der Waals surface area contributed by atoms with Crippen molar-refractivity contribution in [3.8, 4) is 11.5 Å². The van der Waals surface area contributed by atoms with E-state index >= 15 is 0 Å². The second-order valence-electron chi connectivity index (χ2n) is 3.83. The van der Waals surface area contributed by atoms with E-state index in [1.165, 1.54) is 11.8 Å². The lowest BCUT2D eigenvalue weighted by atomic mass is 10.2. The summed E-state index contributed by atoms with van der Waals surface area (Å²) in [6.45, 7) is 1.81. The van der Waals surface area contributed by atoms with E-state index in [0.717, 1.165) is 0 Å². The van der Waals surface area contributed by atoms with Gasteiger partial charge in [0, 0.05) is 11.1 Å². The first kappa shape index (κ1) is 13.4. The highest BCUT2D eigenvalue weighted by atomic mass is 32.2. The lowest BCUT2D eigenvalue weighted by Crippen LogP contribution is -2.02. The molecule has 2 aromatic rings. The largest absolute Gasteiger partial charge is 0.478 e. The molecule has 1 aromatic heterocycles. The average molecular weight is 275 g/mol. The van der Waals surface area contributed by atoms with Gasteiger partial charge in [0.1, 0.15) is 17.1 Å². The zero-order valence-electron chi connectivity index (χ0n) is 10.6. The molecule has 2 rings (SSSR count). The van der Waals surface area contributed by atoms with Crippen LogP contribution in [-0.2, 0) is 0 Å². The smallest absolute Gasteiger partial charge is 0.340 e. The molecule has 0 radical (unpaired) electrons. The second kappa shape index (κ2) is 5.75. The van der Waals surface area contributed by atoms with Crippen molar-refractivity contribution in [1.29, 1.82) is 0 Å². The molecular weight excluding hydrogens is 262 g/mol. The van der Waals surface area contributed by atoms with Crippen LogP contribution in [0, 0.1) is 6.92 Å². The van der Waals surface area contributed by atoms with Crippen LogP contribution >= 0.6 is 11.8 Å². The van der Waals surface area contributed by atoms with E-state index in [0.29, 0.717) is 22.1 Å². The van der Waals surface area contributed by atoms with Crippen LogP contribution in [0.5, 0.6) is 11.5 Å². The fourth-order valence-electron chi connectivity index (χ4n) is 1.67. The number of nitrogens with zero attached hydrogens (tertiary/aromatic N) is 1. The maximum absolute atomic E-state index is 11.4. The summed E-state index contributed by atoms with van der Waals surface area (Å²) >= 11 is 1.38. The van der Waals surface area contributed by atoms with Crippen LogP contribution in [-0.4, -0.2) is 22.3 Å². The lowest BCUT2D eigenvalue weighted by molar-refractivity contribution is 0.0690. The van der Waals surface area contributed by atoms with Crippen molar-refractivity contribution in [3.05, 3.63) is 47.8 Å².